The molecule has 0 atom stereocenters. The minimum absolute atomic E-state index is 0.141. The van der Waals surface area contributed by atoms with Crippen molar-refractivity contribution < 1.29 is 8.42 Å². The van der Waals surface area contributed by atoms with Gasteiger partial charge in [0, 0.05) is 6.20 Å². The highest BCUT2D eigenvalue weighted by atomic mass is 32.2. The van der Waals surface area contributed by atoms with E-state index in [1.165, 1.54) is 30.6 Å². The van der Waals surface area contributed by atoms with Gasteiger partial charge in [0.25, 0.3) is 10.0 Å². The fourth-order valence-corrected chi connectivity index (χ4v) is 2.80. The summed E-state index contributed by atoms with van der Waals surface area (Å²) in [7, 11) is -3.66. The van der Waals surface area contributed by atoms with Crippen LogP contribution in [0.2, 0.25) is 0 Å². The van der Waals surface area contributed by atoms with Crippen LogP contribution in [-0.2, 0) is 10.0 Å². The highest BCUT2D eigenvalue weighted by molar-refractivity contribution is 7.92. The molecule has 6 nitrogen and oxygen atoms in total. The van der Waals surface area contributed by atoms with Crippen LogP contribution in [0.3, 0.4) is 0 Å². The van der Waals surface area contributed by atoms with Crippen LogP contribution >= 0.6 is 0 Å². The highest BCUT2D eigenvalue weighted by Gasteiger charge is 2.17. The van der Waals surface area contributed by atoms with Gasteiger partial charge in [-0.15, -0.1) is 0 Å². The molecule has 0 aliphatic heterocycles. The Bertz CT molecular complexity index is 699. The molecule has 0 fully saturated rings. The summed E-state index contributed by atoms with van der Waals surface area (Å²) in [6.45, 7) is 1.64. The van der Waals surface area contributed by atoms with Gasteiger partial charge >= 0.3 is 0 Å². The average Bonchev–Trinajstić information content (AvgIpc) is 2.80. The lowest BCUT2D eigenvalue weighted by Crippen LogP contribution is -2.13. The third-order valence-electron chi connectivity index (χ3n) is 2.34. The largest absolute Gasteiger partial charge is 0.284 e. The van der Waals surface area contributed by atoms with Crippen LogP contribution in [0, 0.1) is 18.3 Å². The molecule has 2 aromatic rings. The quantitative estimate of drug-likeness (QED) is 0.873. The predicted molar refractivity (Wildman–Crippen MR) is 65.3 cm³/mol. The number of aromatic nitrogens is 2. The molecule has 0 spiro atoms. The summed E-state index contributed by atoms with van der Waals surface area (Å²) in [4.78, 5) is 0.141. The number of H-pyrrole nitrogens is 1. The van der Waals surface area contributed by atoms with E-state index in [1.54, 1.807) is 6.92 Å². The van der Waals surface area contributed by atoms with Crippen LogP contribution in [0.25, 0.3) is 0 Å². The summed E-state index contributed by atoms with van der Waals surface area (Å²) >= 11 is 0. The van der Waals surface area contributed by atoms with Crippen molar-refractivity contribution in [2.24, 2.45) is 0 Å². The minimum atomic E-state index is -3.66. The smallest absolute Gasteiger partial charge is 0.262 e. The van der Waals surface area contributed by atoms with Crippen LogP contribution in [0.4, 0.5) is 5.69 Å². The summed E-state index contributed by atoms with van der Waals surface area (Å²) in [5, 5.41) is 14.9. The molecular weight excluding hydrogens is 252 g/mol. The van der Waals surface area contributed by atoms with Gasteiger partial charge in [-0.2, -0.15) is 10.4 Å². The SMILES string of the molecule is Cc1cc(C#N)ccc1S(=O)(=O)Nc1cn[nH]c1. The number of hydrogen-bond donors (Lipinski definition) is 2. The predicted octanol–water partition coefficient (Wildman–Crippen LogP) is 1.39. The average molecular weight is 262 g/mol. The number of rotatable bonds is 3. The number of nitrogens with one attached hydrogen (secondary N) is 2. The number of hydrogen-bond acceptors (Lipinski definition) is 4. The fourth-order valence-electron chi connectivity index (χ4n) is 1.54. The third-order valence-corrected chi connectivity index (χ3v) is 3.89. The van der Waals surface area contributed by atoms with E-state index in [0.29, 0.717) is 16.8 Å². The monoisotopic (exact) mass is 262 g/mol. The van der Waals surface area contributed by atoms with Crippen molar-refractivity contribution in [3.05, 3.63) is 41.7 Å². The minimum Gasteiger partial charge on any atom is -0.284 e. The van der Waals surface area contributed by atoms with Crippen molar-refractivity contribution in [3.8, 4) is 6.07 Å². The normalized spacial score (nSPS) is 10.9. The van der Waals surface area contributed by atoms with E-state index >= 15 is 0 Å². The number of nitrogens with zero attached hydrogens (tertiary/aromatic N) is 2. The first-order valence-corrected chi connectivity index (χ1v) is 6.53. The van der Waals surface area contributed by atoms with Gasteiger partial charge in [0.05, 0.1) is 28.4 Å². The van der Waals surface area contributed by atoms with Crippen molar-refractivity contribution >= 4 is 15.7 Å². The van der Waals surface area contributed by atoms with Gasteiger partial charge < -0.3 is 0 Å². The van der Waals surface area contributed by atoms with E-state index in [2.05, 4.69) is 14.9 Å². The van der Waals surface area contributed by atoms with E-state index in [4.69, 9.17) is 5.26 Å². The van der Waals surface area contributed by atoms with Crippen LogP contribution in [0.15, 0.2) is 35.5 Å². The summed E-state index contributed by atoms with van der Waals surface area (Å²) in [6.07, 6.45) is 2.81. The van der Waals surface area contributed by atoms with Gasteiger partial charge in [-0.3, -0.25) is 9.82 Å². The van der Waals surface area contributed by atoms with Crippen molar-refractivity contribution in [2.75, 3.05) is 4.72 Å². The Balaban J connectivity index is 2.39. The van der Waals surface area contributed by atoms with E-state index < -0.39 is 10.0 Å². The molecule has 7 heteroatoms. The molecular formula is C11H10N4O2S. The topological polar surface area (TPSA) is 98.6 Å². The zero-order chi connectivity index (χ0) is 13.2. The van der Waals surface area contributed by atoms with E-state index in [1.807, 2.05) is 6.07 Å². The maximum atomic E-state index is 12.1. The van der Waals surface area contributed by atoms with E-state index in [0.717, 1.165) is 0 Å². The number of nitriles is 1. The molecule has 92 valence electrons. The lowest BCUT2D eigenvalue weighted by Gasteiger charge is -2.08. The van der Waals surface area contributed by atoms with Gasteiger partial charge in [0.15, 0.2) is 0 Å². The molecule has 2 rings (SSSR count). The molecule has 2 N–H and O–H groups in total. The van der Waals surface area contributed by atoms with Gasteiger partial charge in [0.1, 0.15) is 0 Å². The first kappa shape index (κ1) is 12.1. The fraction of sp³-hybridized carbons (Fsp3) is 0.0909. The van der Waals surface area contributed by atoms with Crippen molar-refractivity contribution in [1.29, 1.82) is 5.26 Å². The lowest BCUT2D eigenvalue weighted by atomic mass is 10.2. The Morgan fingerprint density at radius 2 is 2.22 bits per heavy atom. The van der Waals surface area contributed by atoms with Gasteiger partial charge in [0.2, 0.25) is 0 Å². The van der Waals surface area contributed by atoms with Crippen molar-refractivity contribution in [2.45, 2.75) is 11.8 Å². The maximum absolute atomic E-state index is 12.1. The molecule has 1 heterocycles. The first-order valence-electron chi connectivity index (χ1n) is 5.05. The Labute approximate surface area is 104 Å². The Morgan fingerprint density at radius 1 is 1.44 bits per heavy atom. The van der Waals surface area contributed by atoms with Crippen molar-refractivity contribution in [1.82, 2.24) is 10.2 Å². The lowest BCUT2D eigenvalue weighted by molar-refractivity contribution is 0.600. The van der Waals surface area contributed by atoms with Gasteiger partial charge in [-0.05, 0) is 30.7 Å². The third kappa shape index (κ3) is 2.33. The molecule has 0 aliphatic rings. The zero-order valence-corrected chi connectivity index (χ0v) is 10.3. The second-order valence-electron chi connectivity index (χ2n) is 3.68. The summed E-state index contributed by atoms with van der Waals surface area (Å²) in [6, 6.07) is 6.38. The van der Waals surface area contributed by atoms with Crippen LogP contribution < -0.4 is 4.72 Å². The van der Waals surface area contributed by atoms with E-state index in [9.17, 15) is 8.42 Å². The standard InChI is InChI=1S/C11H10N4O2S/c1-8-4-9(5-12)2-3-11(8)18(16,17)15-10-6-13-14-7-10/h2-4,6-7,15H,1H3,(H,13,14). The molecule has 0 amide bonds. The summed E-state index contributed by atoms with van der Waals surface area (Å²) < 4.78 is 26.6. The molecule has 18 heavy (non-hydrogen) atoms. The Kier molecular flexibility index (Phi) is 3.04. The molecule has 0 aliphatic carbocycles. The van der Waals surface area contributed by atoms with Gasteiger partial charge in [-0.1, -0.05) is 0 Å². The number of benzene rings is 1. The highest BCUT2D eigenvalue weighted by Crippen LogP contribution is 2.19. The molecule has 0 saturated heterocycles. The number of anilines is 1. The molecule has 1 aromatic carbocycles. The Hall–Kier alpha value is -2.33. The zero-order valence-electron chi connectivity index (χ0n) is 9.51. The molecule has 0 unspecified atom stereocenters. The maximum Gasteiger partial charge on any atom is 0.262 e. The Morgan fingerprint density at radius 3 is 2.78 bits per heavy atom. The molecule has 1 aromatic heterocycles. The molecule has 0 bridgehead atoms. The first-order chi connectivity index (χ1) is 8.53. The van der Waals surface area contributed by atoms with E-state index in [-0.39, 0.29) is 4.90 Å². The van der Waals surface area contributed by atoms with Crippen LogP contribution in [0.1, 0.15) is 11.1 Å². The summed E-state index contributed by atoms with van der Waals surface area (Å²) in [5.41, 5.74) is 1.30. The van der Waals surface area contributed by atoms with Crippen molar-refractivity contribution in [3.63, 3.8) is 0 Å². The second-order valence-corrected chi connectivity index (χ2v) is 5.34. The van der Waals surface area contributed by atoms with Crippen LogP contribution in [-0.4, -0.2) is 18.6 Å². The number of aryl methyl sites for hydroxylation is 1. The number of sulfonamides is 1. The molecule has 0 saturated carbocycles. The summed E-state index contributed by atoms with van der Waals surface area (Å²) in [5.74, 6) is 0. The second kappa shape index (κ2) is 4.50. The molecule has 0 radical (unpaired) electrons. The van der Waals surface area contributed by atoms with Gasteiger partial charge in [-0.25, -0.2) is 8.42 Å². The number of aromatic amines is 1. The van der Waals surface area contributed by atoms with Crippen LogP contribution in [0.5, 0.6) is 0 Å².